The Bertz CT molecular complexity index is 862. The molecule has 1 heterocycles. The third-order valence-electron chi connectivity index (χ3n) is 3.09. The first-order valence-electron chi connectivity index (χ1n) is 7.54. The van der Waals surface area contributed by atoms with E-state index in [4.69, 9.17) is 13.9 Å². The molecule has 0 aliphatic carbocycles. The van der Waals surface area contributed by atoms with E-state index in [-0.39, 0.29) is 24.4 Å². The molecule has 0 amide bonds. The van der Waals surface area contributed by atoms with Crippen LogP contribution in [0, 0.1) is 0 Å². The van der Waals surface area contributed by atoms with Crippen LogP contribution in [-0.2, 0) is 19.1 Å². The number of aromatic hydroxyl groups is 1. The summed E-state index contributed by atoms with van der Waals surface area (Å²) in [5.41, 5.74) is -0.341. The van der Waals surface area contributed by atoms with Crippen molar-refractivity contribution in [2.75, 3.05) is 18.5 Å². The lowest BCUT2D eigenvalue weighted by Gasteiger charge is -2.08. The van der Waals surface area contributed by atoms with Crippen LogP contribution in [0.15, 0.2) is 45.3 Å². The molecule has 0 aliphatic rings. The molecule has 0 fully saturated rings. The molecule has 0 aliphatic heterocycles. The number of esters is 2. The number of carbonyl (C=O) groups is 2. The highest BCUT2D eigenvalue weighted by atomic mass is 16.6. The average Bonchev–Trinajstić information content (AvgIpc) is 2.57. The Morgan fingerprint density at radius 2 is 1.80 bits per heavy atom. The van der Waals surface area contributed by atoms with Gasteiger partial charge in [-0.05, 0) is 38.1 Å². The van der Waals surface area contributed by atoms with Crippen LogP contribution in [0.5, 0.6) is 5.75 Å². The third kappa shape index (κ3) is 4.37. The molecule has 0 radical (unpaired) electrons. The Morgan fingerprint density at radius 3 is 2.40 bits per heavy atom. The summed E-state index contributed by atoms with van der Waals surface area (Å²) < 4.78 is 14.6. The molecule has 25 heavy (non-hydrogen) atoms. The summed E-state index contributed by atoms with van der Waals surface area (Å²) in [5, 5.41) is 12.7. The Hall–Kier alpha value is -3.29. The zero-order valence-electron chi connectivity index (χ0n) is 13.7. The van der Waals surface area contributed by atoms with E-state index in [9.17, 15) is 19.5 Å². The van der Waals surface area contributed by atoms with Crippen LogP contribution in [0.25, 0.3) is 11.0 Å². The molecule has 8 heteroatoms. The number of nitrogens with one attached hydrogen (secondary N) is 1. The molecular weight excluding hydrogens is 330 g/mol. The fraction of sp³-hybridized carbons (Fsp3) is 0.235. The quantitative estimate of drug-likeness (QED) is 0.268. The van der Waals surface area contributed by atoms with Gasteiger partial charge in [0.1, 0.15) is 5.58 Å². The number of hydrogen-bond acceptors (Lipinski definition) is 8. The zero-order chi connectivity index (χ0) is 18.4. The molecule has 1 aromatic carbocycles. The van der Waals surface area contributed by atoms with Crippen molar-refractivity contribution < 1.29 is 28.6 Å². The van der Waals surface area contributed by atoms with Crippen LogP contribution in [0.4, 0.5) is 5.69 Å². The van der Waals surface area contributed by atoms with Gasteiger partial charge in [0.25, 0.3) is 0 Å². The van der Waals surface area contributed by atoms with Crippen molar-refractivity contribution in [3.63, 3.8) is 0 Å². The van der Waals surface area contributed by atoms with Crippen LogP contribution in [0.1, 0.15) is 13.8 Å². The van der Waals surface area contributed by atoms with E-state index in [0.29, 0.717) is 11.1 Å². The van der Waals surface area contributed by atoms with E-state index < -0.39 is 23.3 Å². The Kier molecular flexibility index (Phi) is 5.78. The van der Waals surface area contributed by atoms with Crippen molar-refractivity contribution >= 4 is 28.6 Å². The number of benzene rings is 1. The van der Waals surface area contributed by atoms with Crippen molar-refractivity contribution in [2.45, 2.75) is 13.8 Å². The van der Waals surface area contributed by atoms with Gasteiger partial charge in [-0.25, -0.2) is 14.4 Å². The molecule has 0 bridgehead atoms. The molecule has 2 N–H and O–H groups in total. The summed E-state index contributed by atoms with van der Waals surface area (Å²) in [4.78, 5) is 35.0. The summed E-state index contributed by atoms with van der Waals surface area (Å²) in [6, 6.07) is 5.92. The van der Waals surface area contributed by atoms with E-state index in [2.05, 4.69) is 5.32 Å². The van der Waals surface area contributed by atoms with Crippen LogP contribution in [0.2, 0.25) is 0 Å². The number of carbonyl (C=O) groups excluding carboxylic acids is 2. The molecule has 0 spiro atoms. The molecule has 0 unspecified atom stereocenters. The second-order valence-corrected chi connectivity index (χ2v) is 4.81. The number of fused-ring (bicyclic) bond motifs is 1. The summed E-state index contributed by atoms with van der Waals surface area (Å²) in [6.07, 6.45) is 1.18. The van der Waals surface area contributed by atoms with E-state index >= 15 is 0 Å². The zero-order valence-corrected chi connectivity index (χ0v) is 13.7. The van der Waals surface area contributed by atoms with Gasteiger partial charge in [0.05, 0.1) is 13.2 Å². The van der Waals surface area contributed by atoms with Crippen LogP contribution in [-0.4, -0.2) is 30.3 Å². The highest BCUT2D eigenvalue weighted by molar-refractivity contribution is 6.14. The predicted molar refractivity (Wildman–Crippen MR) is 89.1 cm³/mol. The SMILES string of the molecule is CCOC(=O)C(=CNc1ccc2oc(=O)c(O)cc2c1)C(=O)OCC. The molecule has 2 aromatic rings. The van der Waals surface area contributed by atoms with Gasteiger partial charge in [0, 0.05) is 17.3 Å². The minimum absolute atomic E-state index is 0.115. The van der Waals surface area contributed by atoms with Crippen LogP contribution in [0.3, 0.4) is 0 Å². The standard InChI is InChI=1S/C17H17NO7/c1-3-23-15(20)12(16(21)24-4-2)9-18-11-5-6-14-10(7-11)8-13(19)17(22)25-14/h5-9,18-19H,3-4H2,1-2H3. The first kappa shape index (κ1) is 18.1. The third-order valence-corrected chi connectivity index (χ3v) is 3.09. The largest absolute Gasteiger partial charge is 0.502 e. The summed E-state index contributed by atoms with van der Waals surface area (Å²) in [6.45, 7) is 3.48. The molecule has 8 nitrogen and oxygen atoms in total. The first-order chi connectivity index (χ1) is 12.0. The molecular formula is C17H17NO7. The fourth-order valence-electron chi connectivity index (χ4n) is 1.98. The smallest absolute Gasteiger partial charge is 0.378 e. The maximum atomic E-state index is 11.9. The summed E-state index contributed by atoms with van der Waals surface area (Å²) in [5.74, 6) is -2.13. The van der Waals surface area contributed by atoms with Gasteiger partial charge in [-0.2, -0.15) is 0 Å². The second-order valence-electron chi connectivity index (χ2n) is 4.81. The number of hydrogen-bond donors (Lipinski definition) is 2. The lowest BCUT2D eigenvalue weighted by molar-refractivity contribution is -0.146. The van der Waals surface area contributed by atoms with E-state index in [1.807, 2.05) is 0 Å². The highest BCUT2D eigenvalue weighted by Gasteiger charge is 2.20. The lowest BCUT2D eigenvalue weighted by atomic mass is 10.2. The van der Waals surface area contributed by atoms with Gasteiger partial charge in [0.2, 0.25) is 5.75 Å². The number of ether oxygens (including phenoxy) is 2. The maximum absolute atomic E-state index is 11.9. The second kappa shape index (κ2) is 8.00. The number of rotatable bonds is 6. The molecule has 132 valence electrons. The van der Waals surface area contributed by atoms with Gasteiger partial charge >= 0.3 is 17.6 Å². The Morgan fingerprint density at radius 1 is 1.16 bits per heavy atom. The lowest BCUT2D eigenvalue weighted by Crippen LogP contribution is -2.19. The van der Waals surface area contributed by atoms with Gasteiger partial charge in [0.15, 0.2) is 5.57 Å². The molecule has 0 saturated heterocycles. The van der Waals surface area contributed by atoms with Gasteiger partial charge < -0.3 is 24.3 Å². The van der Waals surface area contributed by atoms with Crippen molar-refractivity contribution in [2.24, 2.45) is 0 Å². The predicted octanol–water partition coefficient (Wildman–Crippen LogP) is 1.92. The van der Waals surface area contributed by atoms with Crippen LogP contribution >= 0.6 is 0 Å². The minimum Gasteiger partial charge on any atom is -0.502 e. The normalized spacial score (nSPS) is 10.2. The summed E-state index contributed by atoms with van der Waals surface area (Å²) in [7, 11) is 0. The van der Waals surface area contributed by atoms with E-state index in [1.54, 1.807) is 26.0 Å². The van der Waals surface area contributed by atoms with Gasteiger partial charge in [-0.3, -0.25) is 0 Å². The first-order valence-corrected chi connectivity index (χ1v) is 7.54. The van der Waals surface area contributed by atoms with Crippen molar-refractivity contribution in [3.05, 3.63) is 46.5 Å². The molecule has 0 saturated carbocycles. The minimum atomic E-state index is -0.833. The van der Waals surface area contributed by atoms with E-state index in [0.717, 1.165) is 0 Å². The molecule has 0 atom stereocenters. The Labute approximate surface area is 142 Å². The Balaban J connectivity index is 2.31. The van der Waals surface area contributed by atoms with Crippen molar-refractivity contribution in [1.82, 2.24) is 0 Å². The average molecular weight is 347 g/mol. The van der Waals surface area contributed by atoms with E-state index in [1.165, 1.54) is 18.3 Å². The summed E-state index contributed by atoms with van der Waals surface area (Å²) >= 11 is 0. The van der Waals surface area contributed by atoms with Gasteiger partial charge in [-0.1, -0.05) is 0 Å². The van der Waals surface area contributed by atoms with Crippen molar-refractivity contribution in [3.8, 4) is 5.75 Å². The van der Waals surface area contributed by atoms with Gasteiger partial charge in [-0.15, -0.1) is 0 Å². The fourth-order valence-corrected chi connectivity index (χ4v) is 1.98. The topological polar surface area (TPSA) is 115 Å². The van der Waals surface area contributed by atoms with Crippen molar-refractivity contribution in [1.29, 1.82) is 0 Å². The molecule has 1 aromatic heterocycles. The maximum Gasteiger partial charge on any atom is 0.378 e. The molecule has 2 rings (SSSR count). The van der Waals surface area contributed by atoms with Crippen LogP contribution < -0.4 is 10.9 Å². The monoisotopic (exact) mass is 347 g/mol. The number of anilines is 1. The highest BCUT2D eigenvalue weighted by Crippen LogP contribution is 2.21.